The Morgan fingerprint density at radius 1 is 1.35 bits per heavy atom. The van der Waals surface area contributed by atoms with Crippen molar-refractivity contribution in [2.45, 2.75) is 44.9 Å². The second kappa shape index (κ2) is 5.28. The largest absolute Gasteiger partial charge is 0.241 e. The maximum Gasteiger partial charge on any atom is 0.0682 e. The first-order valence-electron chi connectivity index (χ1n) is 7.45. The van der Waals surface area contributed by atoms with Crippen LogP contribution in [0.3, 0.4) is 0 Å². The monoisotopic (exact) mass is 266 g/mol. The Morgan fingerprint density at radius 2 is 2.20 bits per heavy atom. The molecule has 0 N–H and O–H groups in total. The number of hydrogen-bond acceptors (Lipinski definition) is 1. The topological polar surface area (TPSA) is 17.8 Å². The zero-order valence-electron chi connectivity index (χ0n) is 12.3. The number of nitrogens with zero attached hydrogens (tertiary/aromatic N) is 2. The van der Waals surface area contributed by atoms with E-state index in [1.807, 2.05) is 23.1 Å². The molecule has 0 spiro atoms. The maximum absolute atomic E-state index is 4.41. The highest BCUT2D eigenvalue weighted by molar-refractivity contribution is 5.46. The first kappa shape index (κ1) is 13.2. The van der Waals surface area contributed by atoms with Crippen molar-refractivity contribution in [3.63, 3.8) is 0 Å². The quantitative estimate of drug-likeness (QED) is 0.728. The van der Waals surface area contributed by atoms with Gasteiger partial charge in [0.25, 0.3) is 0 Å². The molecule has 1 saturated carbocycles. The summed E-state index contributed by atoms with van der Waals surface area (Å²) in [5, 5.41) is 4.41. The molecule has 3 rings (SSSR count). The zero-order valence-corrected chi connectivity index (χ0v) is 12.3. The number of rotatable bonds is 3. The third-order valence-electron chi connectivity index (χ3n) is 4.28. The molecule has 1 aromatic heterocycles. The first-order valence-corrected chi connectivity index (χ1v) is 7.45. The van der Waals surface area contributed by atoms with Crippen molar-refractivity contribution in [2.75, 3.05) is 0 Å². The standard InChI is InChI=1S/C18H22N2/c1-13(2)17-8-7-16(15-6-5-14(3)11-15)12-18(17)20-10-4-9-19-20/h4,7-10,12-13,15H,3,5-6,11H2,1-2H3. The Balaban J connectivity index is 2.03. The summed E-state index contributed by atoms with van der Waals surface area (Å²) >= 11 is 0. The molecule has 0 amide bonds. The van der Waals surface area contributed by atoms with E-state index in [1.54, 1.807) is 0 Å². The molecular formula is C18H22N2. The Kier molecular flexibility index (Phi) is 3.47. The Labute approximate surface area is 121 Å². The minimum absolute atomic E-state index is 0.502. The molecule has 1 aliphatic rings. The minimum Gasteiger partial charge on any atom is -0.241 e. The Morgan fingerprint density at radius 3 is 2.80 bits per heavy atom. The average Bonchev–Trinajstić information content (AvgIpc) is 3.09. The second-order valence-electron chi connectivity index (χ2n) is 6.11. The molecule has 0 aliphatic heterocycles. The normalized spacial score (nSPS) is 18.9. The SMILES string of the molecule is C=C1CCC(c2ccc(C(C)C)c(-n3cccn3)c2)C1. The molecule has 2 aromatic rings. The predicted octanol–water partition coefficient (Wildman–Crippen LogP) is 4.82. The van der Waals surface area contributed by atoms with Crippen LogP contribution in [0.5, 0.6) is 0 Å². The van der Waals surface area contributed by atoms with Crippen LogP contribution in [0.2, 0.25) is 0 Å². The molecule has 2 heteroatoms. The fraction of sp³-hybridized carbons (Fsp3) is 0.389. The lowest BCUT2D eigenvalue weighted by molar-refractivity contribution is 0.723. The van der Waals surface area contributed by atoms with Gasteiger partial charge in [0.05, 0.1) is 5.69 Å². The smallest absolute Gasteiger partial charge is 0.0682 e. The van der Waals surface area contributed by atoms with Gasteiger partial charge in [-0.05, 0) is 54.4 Å². The van der Waals surface area contributed by atoms with Crippen LogP contribution in [0.15, 0.2) is 48.8 Å². The Hall–Kier alpha value is -1.83. The molecule has 1 aromatic carbocycles. The molecule has 1 atom stereocenters. The van der Waals surface area contributed by atoms with Gasteiger partial charge in [0.2, 0.25) is 0 Å². The zero-order chi connectivity index (χ0) is 14.1. The molecule has 0 saturated heterocycles. The van der Waals surface area contributed by atoms with E-state index in [2.05, 4.69) is 43.7 Å². The molecule has 1 heterocycles. The van der Waals surface area contributed by atoms with Crippen LogP contribution < -0.4 is 0 Å². The van der Waals surface area contributed by atoms with E-state index >= 15 is 0 Å². The molecule has 20 heavy (non-hydrogen) atoms. The number of benzene rings is 1. The number of allylic oxidation sites excluding steroid dienone is 1. The van der Waals surface area contributed by atoms with Gasteiger partial charge >= 0.3 is 0 Å². The van der Waals surface area contributed by atoms with E-state index in [0.29, 0.717) is 11.8 Å². The third kappa shape index (κ3) is 2.43. The fourth-order valence-electron chi connectivity index (χ4n) is 3.13. The summed E-state index contributed by atoms with van der Waals surface area (Å²) in [5.41, 5.74) is 5.40. The van der Waals surface area contributed by atoms with E-state index in [1.165, 1.54) is 35.2 Å². The highest BCUT2D eigenvalue weighted by Gasteiger charge is 2.21. The predicted molar refractivity (Wildman–Crippen MR) is 83.4 cm³/mol. The van der Waals surface area contributed by atoms with Gasteiger partial charge in [-0.1, -0.05) is 38.1 Å². The lowest BCUT2D eigenvalue weighted by Gasteiger charge is -2.17. The van der Waals surface area contributed by atoms with E-state index in [9.17, 15) is 0 Å². The maximum atomic E-state index is 4.41. The van der Waals surface area contributed by atoms with E-state index in [0.717, 1.165) is 6.42 Å². The molecule has 1 fully saturated rings. The summed E-state index contributed by atoms with van der Waals surface area (Å²) in [4.78, 5) is 0. The lowest BCUT2D eigenvalue weighted by atomic mass is 9.92. The van der Waals surface area contributed by atoms with Crippen LogP contribution >= 0.6 is 0 Å². The van der Waals surface area contributed by atoms with Crippen molar-refractivity contribution in [3.05, 3.63) is 59.9 Å². The molecule has 0 bridgehead atoms. The molecule has 1 aliphatic carbocycles. The highest BCUT2D eigenvalue weighted by atomic mass is 15.3. The van der Waals surface area contributed by atoms with Crippen molar-refractivity contribution in [3.8, 4) is 5.69 Å². The van der Waals surface area contributed by atoms with Crippen molar-refractivity contribution >= 4 is 0 Å². The summed E-state index contributed by atoms with van der Waals surface area (Å²) in [6, 6.07) is 8.88. The summed E-state index contributed by atoms with van der Waals surface area (Å²) in [7, 11) is 0. The molecule has 1 unspecified atom stereocenters. The van der Waals surface area contributed by atoms with Gasteiger partial charge in [-0.2, -0.15) is 5.10 Å². The van der Waals surface area contributed by atoms with Gasteiger partial charge in [-0.15, -0.1) is 0 Å². The van der Waals surface area contributed by atoms with Crippen LogP contribution in [0.25, 0.3) is 5.69 Å². The minimum atomic E-state index is 0.502. The lowest BCUT2D eigenvalue weighted by Crippen LogP contribution is -2.04. The molecule has 104 valence electrons. The fourth-order valence-corrected chi connectivity index (χ4v) is 3.13. The van der Waals surface area contributed by atoms with E-state index in [4.69, 9.17) is 0 Å². The Bertz CT molecular complexity index is 608. The van der Waals surface area contributed by atoms with Gasteiger partial charge in [0, 0.05) is 12.4 Å². The summed E-state index contributed by atoms with van der Waals surface area (Å²) in [5.74, 6) is 1.14. The molecule has 0 radical (unpaired) electrons. The first-order chi connectivity index (χ1) is 9.65. The van der Waals surface area contributed by atoms with Crippen molar-refractivity contribution in [1.82, 2.24) is 9.78 Å². The summed E-state index contributed by atoms with van der Waals surface area (Å²) in [6.45, 7) is 8.60. The number of aromatic nitrogens is 2. The van der Waals surface area contributed by atoms with Gasteiger partial charge in [0.1, 0.15) is 0 Å². The van der Waals surface area contributed by atoms with Crippen molar-refractivity contribution < 1.29 is 0 Å². The van der Waals surface area contributed by atoms with Crippen LogP contribution in [0, 0.1) is 0 Å². The number of hydrogen-bond donors (Lipinski definition) is 0. The second-order valence-corrected chi connectivity index (χ2v) is 6.11. The van der Waals surface area contributed by atoms with E-state index in [-0.39, 0.29) is 0 Å². The highest BCUT2D eigenvalue weighted by Crippen LogP contribution is 2.38. The summed E-state index contributed by atoms with van der Waals surface area (Å²) in [6.07, 6.45) is 7.42. The van der Waals surface area contributed by atoms with Crippen LogP contribution in [-0.4, -0.2) is 9.78 Å². The van der Waals surface area contributed by atoms with E-state index < -0.39 is 0 Å². The molecule has 2 nitrogen and oxygen atoms in total. The van der Waals surface area contributed by atoms with Crippen molar-refractivity contribution in [1.29, 1.82) is 0 Å². The van der Waals surface area contributed by atoms with Crippen LogP contribution in [-0.2, 0) is 0 Å². The summed E-state index contributed by atoms with van der Waals surface area (Å²) < 4.78 is 1.99. The van der Waals surface area contributed by atoms with Gasteiger partial charge in [-0.25, -0.2) is 4.68 Å². The third-order valence-corrected chi connectivity index (χ3v) is 4.28. The van der Waals surface area contributed by atoms with Gasteiger partial charge < -0.3 is 0 Å². The van der Waals surface area contributed by atoms with Gasteiger partial charge in [0.15, 0.2) is 0 Å². The van der Waals surface area contributed by atoms with Crippen molar-refractivity contribution in [2.24, 2.45) is 0 Å². The van der Waals surface area contributed by atoms with Crippen LogP contribution in [0.4, 0.5) is 0 Å². The van der Waals surface area contributed by atoms with Crippen LogP contribution in [0.1, 0.15) is 56.1 Å². The molecular weight excluding hydrogens is 244 g/mol. The van der Waals surface area contributed by atoms with Gasteiger partial charge in [-0.3, -0.25) is 0 Å². The average molecular weight is 266 g/mol.